The molecule has 2 fully saturated rings. The highest BCUT2D eigenvalue weighted by Crippen LogP contribution is 2.36. The monoisotopic (exact) mass is 402 g/mol. The number of rotatable bonds is 3. The number of amides is 1. The van der Waals surface area contributed by atoms with E-state index in [1.807, 2.05) is 11.4 Å². The lowest BCUT2D eigenvalue weighted by Crippen LogP contribution is -2.49. The Kier molecular flexibility index (Phi) is 5.19. The highest BCUT2D eigenvalue weighted by Gasteiger charge is 2.36. The van der Waals surface area contributed by atoms with Gasteiger partial charge >= 0.3 is 0 Å². The summed E-state index contributed by atoms with van der Waals surface area (Å²) in [5, 5.41) is 2.86. The van der Waals surface area contributed by atoms with Crippen LogP contribution in [-0.4, -0.2) is 28.4 Å². The summed E-state index contributed by atoms with van der Waals surface area (Å²) in [4.78, 5) is 20.1. The maximum Gasteiger partial charge on any atom is 0.273 e. The number of hydrogen-bond acceptors (Lipinski definition) is 3. The van der Waals surface area contributed by atoms with Crippen LogP contribution in [0.4, 0.5) is 0 Å². The van der Waals surface area contributed by atoms with Gasteiger partial charge in [0.05, 0.1) is 0 Å². The normalized spacial score (nSPS) is 21.6. The first kappa shape index (κ1) is 18.6. The first-order valence-corrected chi connectivity index (χ1v) is 11.6. The molecule has 5 rings (SSSR count). The number of thiazole rings is 1. The molecule has 4 heteroatoms. The molecule has 1 saturated heterocycles. The first-order valence-electron chi connectivity index (χ1n) is 10.7. The van der Waals surface area contributed by atoms with Gasteiger partial charge in [-0.3, -0.25) is 4.79 Å². The van der Waals surface area contributed by atoms with Crippen molar-refractivity contribution in [2.75, 3.05) is 6.54 Å². The van der Waals surface area contributed by atoms with Crippen molar-refractivity contribution in [2.24, 2.45) is 5.92 Å². The number of hydrogen-bond donors (Lipinski definition) is 0. The van der Waals surface area contributed by atoms with E-state index < -0.39 is 0 Å². The van der Waals surface area contributed by atoms with Crippen molar-refractivity contribution in [3.63, 3.8) is 0 Å². The summed E-state index contributed by atoms with van der Waals surface area (Å²) in [6, 6.07) is 19.2. The third-order valence-electron chi connectivity index (χ3n) is 6.44. The number of piperidine rings is 1. The van der Waals surface area contributed by atoms with Gasteiger partial charge in [-0.2, -0.15) is 0 Å². The van der Waals surface area contributed by atoms with Gasteiger partial charge in [-0.1, -0.05) is 61.4 Å². The van der Waals surface area contributed by atoms with Gasteiger partial charge in [-0.25, -0.2) is 4.98 Å². The summed E-state index contributed by atoms with van der Waals surface area (Å²) in [5.41, 5.74) is 4.05. The molecule has 1 aliphatic heterocycles. The Bertz CT molecular complexity index is 995. The number of likely N-dealkylation sites (tertiary alicyclic amines) is 1. The van der Waals surface area contributed by atoms with Gasteiger partial charge < -0.3 is 4.90 Å². The maximum absolute atomic E-state index is 13.3. The van der Waals surface area contributed by atoms with Crippen LogP contribution in [0.3, 0.4) is 0 Å². The fourth-order valence-electron chi connectivity index (χ4n) is 4.99. The minimum absolute atomic E-state index is 0.128. The van der Waals surface area contributed by atoms with Crippen LogP contribution in [0.25, 0.3) is 21.7 Å². The average Bonchev–Trinajstić information content (AvgIpc) is 3.29. The highest BCUT2D eigenvalue weighted by molar-refractivity contribution is 7.13. The van der Waals surface area contributed by atoms with Gasteiger partial charge in [0.2, 0.25) is 0 Å². The van der Waals surface area contributed by atoms with E-state index in [2.05, 4.69) is 53.4 Å². The first-order chi connectivity index (χ1) is 14.3. The van der Waals surface area contributed by atoms with Crippen LogP contribution in [0.15, 0.2) is 60.0 Å². The summed E-state index contributed by atoms with van der Waals surface area (Å²) >= 11 is 1.57. The van der Waals surface area contributed by atoms with Gasteiger partial charge in [0.1, 0.15) is 10.7 Å². The Morgan fingerprint density at radius 1 is 0.897 bits per heavy atom. The summed E-state index contributed by atoms with van der Waals surface area (Å²) in [5.74, 6) is 0.824. The minimum atomic E-state index is 0.128. The van der Waals surface area contributed by atoms with Gasteiger partial charge in [0.25, 0.3) is 5.91 Å². The fourth-order valence-corrected chi connectivity index (χ4v) is 5.78. The molecule has 3 nitrogen and oxygen atoms in total. The van der Waals surface area contributed by atoms with Crippen molar-refractivity contribution < 1.29 is 4.79 Å². The van der Waals surface area contributed by atoms with E-state index in [4.69, 9.17) is 4.98 Å². The molecule has 0 N–H and O–H groups in total. The molecule has 2 heterocycles. The molecular weight excluding hydrogens is 376 g/mol. The maximum atomic E-state index is 13.3. The molecule has 2 aromatic carbocycles. The Balaban J connectivity index is 1.39. The average molecular weight is 403 g/mol. The van der Waals surface area contributed by atoms with E-state index in [-0.39, 0.29) is 5.91 Å². The Labute approximate surface area is 176 Å². The van der Waals surface area contributed by atoms with Crippen LogP contribution in [0.5, 0.6) is 0 Å². The van der Waals surface area contributed by atoms with Crippen molar-refractivity contribution in [3.05, 3.63) is 65.7 Å². The highest BCUT2D eigenvalue weighted by atomic mass is 32.1. The molecule has 3 aromatic rings. The lowest BCUT2D eigenvalue weighted by Gasteiger charge is -2.43. The Morgan fingerprint density at radius 3 is 2.55 bits per heavy atom. The number of carbonyl (C=O) groups excluding carboxylic acids is 1. The predicted molar refractivity (Wildman–Crippen MR) is 119 cm³/mol. The number of nitrogens with zero attached hydrogens (tertiary/aromatic N) is 2. The molecule has 2 atom stereocenters. The van der Waals surface area contributed by atoms with Crippen LogP contribution in [0, 0.1) is 5.92 Å². The molecule has 148 valence electrons. The van der Waals surface area contributed by atoms with E-state index in [1.165, 1.54) is 36.8 Å². The molecule has 29 heavy (non-hydrogen) atoms. The molecule has 1 aromatic heterocycles. The molecule has 0 bridgehead atoms. The van der Waals surface area contributed by atoms with E-state index in [9.17, 15) is 4.79 Å². The zero-order valence-corrected chi connectivity index (χ0v) is 17.4. The van der Waals surface area contributed by atoms with E-state index in [0.717, 1.165) is 30.0 Å². The van der Waals surface area contributed by atoms with Gasteiger partial charge in [-0.05, 0) is 48.8 Å². The number of aromatic nitrogens is 1. The molecule has 2 unspecified atom stereocenters. The summed E-state index contributed by atoms with van der Waals surface area (Å²) in [6.07, 6.45) is 7.42. The second-order valence-corrected chi connectivity index (χ2v) is 9.10. The second-order valence-electron chi connectivity index (χ2n) is 8.24. The van der Waals surface area contributed by atoms with Crippen LogP contribution >= 0.6 is 11.3 Å². The Morgan fingerprint density at radius 2 is 1.66 bits per heavy atom. The third kappa shape index (κ3) is 3.74. The van der Waals surface area contributed by atoms with Crippen molar-refractivity contribution in [2.45, 2.75) is 44.6 Å². The molecule has 0 radical (unpaired) electrons. The Hall–Kier alpha value is -2.46. The topological polar surface area (TPSA) is 33.2 Å². The SMILES string of the molecule is O=C(c1csc(-c2cccc(-c3ccccc3)c2)n1)N1CCCC2CCCCC21. The zero-order chi connectivity index (χ0) is 19.6. The second kappa shape index (κ2) is 8.11. The van der Waals surface area contributed by atoms with Crippen molar-refractivity contribution in [3.8, 4) is 21.7 Å². The van der Waals surface area contributed by atoms with Gasteiger partial charge in [0.15, 0.2) is 0 Å². The molecule has 1 saturated carbocycles. The van der Waals surface area contributed by atoms with E-state index in [0.29, 0.717) is 17.7 Å². The number of fused-ring (bicyclic) bond motifs is 1. The summed E-state index contributed by atoms with van der Waals surface area (Å²) in [7, 11) is 0. The van der Waals surface area contributed by atoms with Gasteiger partial charge in [-0.15, -0.1) is 11.3 Å². The molecule has 1 aliphatic carbocycles. The van der Waals surface area contributed by atoms with Crippen molar-refractivity contribution >= 4 is 17.2 Å². The zero-order valence-electron chi connectivity index (χ0n) is 16.6. The molecular formula is C25H26N2OS. The minimum Gasteiger partial charge on any atom is -0.334 e. The number of carbonyl (C=O) groups is 1. The van der Waals surface area contributed by atoms with Crippen LogP contribution < -0.4 is 0 Å². The predicted octanol–water partition coefficient (Wildman–Crippen LogP) is 6.27. The standard InChI is InChI=1S/C25H26N2OS/c28-25(27-15-7-13-19-10-4-5-14-23(19)27)22-17-29-24(26-22)21-12-6-11-20(16-21)18-8-2-1-3-9-18/h1-3,6,8-9,11-12,16-17,19,23H,4-5,7,10,13-15H2. The number of benzene rings is 2. The fraction of sp³-hybridized carbons (Fsp3) is 0.360. The summed E-state index contributed by atoms with van der Waals surface area (Å²) < 4.78 is 0. The smallest absolute Gasteiger partial charge is 0.273 e. The van der Waals surface area contributed by atoms with Crippen LogP contribution in [0.1, 0.15) is 49.0 Å². The van der Waals surface area contributed by atoms with Gasteiger partial charge in [0, 0.05) is 23.5 Å². The van der Waals surface area contributed by atoms with E-state index in [1.54, 1.807) is 11.3 Å². The van der Waals surface area contributed by atoms with Crippen molar-refractivity contribution in [1.82, 2.24) is 9.88 Å². The third-order valence-corrected chi connectivity index (χ3v) is 7.34. The summed E-state index contributed by atoms with van der Waals surface area (Å²) in [6.45, 7) is 0.885. The molecule has 0 spiro atoms. The lowest BCUT2D eigenvalue weighted by atomic mass is 9.78. The van der Waals surface area contributed by atoms with Crippen molar-refractivity contribution in [1.29, 1.82) is 0 Å². The largest absolute Gasteiger partial charge is 0.334 e. The van der Waals surface area contributed by atoms with E-state index >= 15 is 0 Å². The van der Waals surface area contributed by atoms with Crippen LogP contribution in [0.2, 0.25) is 0 Å². The lowest BCUT2D eigenvalue weighted by molar-refractivity contribution is 0.0386. The molecule has 1 amide bonds. The quantitative estimate of drug-likeness (QED) is 0.517. The molecule has 2 aliphatic rings. The van der Waals surface area contributed by atoms with Crippen LogP contribution in [-0.2, 0) is 0 Å².